The number of carbonyl (C=O) groups is 1. The van der Waals surface area contributed by atoms with Crippen molar-refractivity contribution in [3.63, 3.8) is 0 Å². The second-order valence-corrected chi connectivity index (χ2v) is 7.79. The molecule has 0 atom stereocenters. The van der Waals surface area contributed by atoms with Crippen molar-refractivity contribution in [2.75, 3.05) is 13.7 Å². The summed E-state index contributed by atoms with van der Waals surface area (Å²) >= 11 is 0. The minimum Gasteiger partial charge on any atom is -0.489 e. The van der Waals surface area contributed by atoms with Gasteiger partial charge in [0.25, 0.3) is 0 Å². The number of aromatic amines is 1. The van der Waals surface area contributed by atoms with Crippen molar-refractivity contribution < 1.29 is 19.0 Å². The van der Waals surface area contributed by atoms with Crippen molar-refractivity contribution in [3.05, 3.63) is 83.7 Å². The van der Waals surface area contributed by atoms with Crippen molar-refractivity contribution in [3.8, 4) is 5.75 Å². The van der Waals surface area contributed by atoms with E-state index in [1.54, 1.807) is 20.2 Å². The molecule has 0 spiro atoms. The number of ether oxygens (including phenoxy) is 3. The van der Waals surface area contributed by atoms with Crippen LogP contribution in [0, 0.1) is 0 Å². The third-order valence-electron chi connectivity index (χ3n) is 5.74. The van der Waals surface area contributed by atoms with Gasteiger partial charge in [0, 0.05) is 29.0 Å². The molecule has 0 aliphatic carbocycles. The molecule has 3 aromatic carbocycles. The number of hydrogen-bond donors (Lipinski definition) is 1. The molecule has 0 aliphatic heterocycles. The molecule has 0 saturated carbocycles. The number of hydrogen-bond acceptors (Lipinski definition) is 5. The molecule has 2 heterocycles. The zero-order valence-corrected chi connectivity index (χ0v) is 18.6. The van der Waals surface area contributed by atoms with Crippen molar-refractivity contribution in [1.29, 1.82) is 0 Å². The standard InChI is InChI=1S/C27H24N2O4/c1-3-32-27(30)26-22(16-31-2)25-21-13-19(11-12-23(21)29-24(25)14-28-26)33-15-18-9-6-8-17-7-4-5-10-20(17)18/h4-14,29H,3,15-16H2,1-2H3. The zero-order valence-electron chi connectivity index (χ0n) is 18.6. The number of rotatable bonds is 7. The Kier molecular flexibility index (Phi) is 5.67. The Balaban J connectivity index is 1.55. The minimum atomic E-state index is -0.454. The maximum Gasteiger partial charge on any atom is 0.357 e. The lowest BCUT2D eigenvalue weighted by Gasteiger charge is -2.11. The molecule has 0 radical (unpaired) electrons. The van der Waals surface area contributed by atoms with Gasteiger partial charge in [-0.3, -0.25) is 0 Å². The third-order valence-corrected chi connectivity index (χ3v) is 5.74. The van der Waals surface area contributed by atoms with Crippen LogP contribution in [0.1, 0.15) is 28.5 Å². The highest BCUT2D eigenvalue weighted by Gasteiger charge is 2.20. The second kappa shape index (κ2) is 8.92. The lowest BCUT2D eigenvalue weighted by atomic mass is 10.0. The zero-order chi connectivity index (χ0) is 22.8. The molecule has 6 nitrogen and oxygen atoms in total. The van der Waals surface area contributed by atoms with E-state index in [0.717, 1.165) is 33.1 Å². The Hall–Kier alpha value is -3.90. The topological polar surface area (TPSA) is 73.4 Å². The lowest BCUT2D eigenvalue weighted by Crippen LogP contribution is -2.11. The van der Waals surface area contributed by atoms with Crippen LogP contribution in [0.5, 0.6) is 5.75 Å². The molecule has 0 unspecified atom stereocenters. The number of nitrogens with zero attached hydrogens (tertiary/aromatic N) is 1. The second-order valence-electron chi connectivity index (χ2n) is 7.79. The summed E-state index contributed by atoms with van der Waals surface area (Å²) in [6, 6.07) is 20.4. The summed E-state index contributed by atoms with van der Waals surface area (Å²) in [6.45, 7) is 2.75. The quantitative estimate of drug-likeness (QED) is 0.325. The first kappa shape index (κ1) is 21.0. The molecule has 2 aromatic heterocycles. The molecular weight excluding hydrogens is 416 g/mol. The van der Waals surface area contributed by atoms with Gasteiger partial charge in [-0.15, -0.1) is 0 Å². The van der Waals surface area contributed by atoms with E-state index in [1.165, 1.54) is 10.8 Å². The molecule has 166 valence electrons. The number of fused-ring (bicyclic) bond motifs is 4. The fraction of sp³-hybridized carbons (Fsp3) is 0.185. The van der Waals surface area contributed by atoms with Gasteiger partial charge < -0.3 is 19.2 Å². The van der Waals surface area contributed by atoms with Crippen LogP contribution >= 0.6 is 0 Å². The van der Waals surface area contributed by atoms with Crippen molar-refractivity contribution in [2.24, 2.45) is 0 Å². The number of esters is 1. The van der Waals surface area contributed by atoms with E-state index >= 15 is 0 Å². The van der Waals surface area contributed by atoms with E-state index in [2.05, 4.69) is 34.2 Å². The number of benzene rings is 3. The molecule has 1 N–H and O–H groups in total. The number of aromatic nitrogens is 2. The highest BCUT2D eigenvalue weighted by Crippen LogP contribution is 2.33. The predicted molar refractivity (Wildman–Crippen MR) is 129 cm³/mol. The third kappa shape index (κ3) is 3.90. The molecule has 0 saturated heterocycles. The van der Waals surface area contributed by atoms with E-state index in [4.69, 9.17) is 14.2 Å². The van der Waals surface area contributed by atoms with Gasteiger partial charge in [0.15, 0.2) is 5.69 Å². The maximum absolute atomic E-state index is 12.5. The van der Waals surface area contributed by atoms with Gasteiger partial charge in [-0.05, 0) is 41.5 Å². The van der Waals surface area contributed by atoms with E-state index < -0.39 is 5.97 Å². The minimum absolute atomic E-state index is 0.243. The molecule has 5 rings (SSSR count). The van der Waals surface area contributed by atoms with Crippen LogP contribution in [-0.2, 0) is 22.7 Å². The lowest BCUT2D eigenvalue weighted by molar-refractivity contribution is 0.0514. The normalized spacial score (nSPS) is 11.3. The summed E-state index contributed by atoms with van der Waals surface area (Å²) in [5, 5.41) is 4.20. The number of methoxy groups -OCH3 is 1. The Labute approximate surface area is 191 Å². The van der Waals surface area contributed by atoms with Gasteiger partial charge in [-0.2, -0.15) is 0 Å². The van der Waals surface area contributed by atoms with Crippen LogP contribution in [0.3, 0.4) is 0 Å². The molecule has 6 heteroatoms. The van der Waals surface area contributed by atoms with Gasteiger partial charge in [-0.25, -0.2) is 9.78 Å². The molecular formula is C27H24N2O4. The van der Waals surface area contributed by atoms with Crippen molar-refractivity contribution >= 4 is 38.5 Å². The fourth-order valence-electron chi connectivity index (χ4n) is 4.27. The van der Waals surface area contributed by atoms with Crippen LogP contribution in [-0.4, -0.2) is 29.7 Å². The van der Waals surface area contributed by atoms with E-state index in [9.17, 15) is 4.79 Å². The summed E-state index contributed by atoms with van der Waals surface area (Å²) in [7, 11) is 1.60. The largest absolute Gasteiger partial charge is 0.489 e. The molecule has 0 fully saturated rings. The van der Waals surface area contributed by atoms with Crippen LogP contribution in [0.4, 0.5) is 0 Å². The fourth-order valence-corrected chi connectivity index (χ4v) is 4.27. The summed E-state index contributed by atoms with van der Waals surface area (Å²) in [5.74, 6) is 0.290. The Bertz CT molecular complexity index is 1470. The summed E-state index contributed by atoms with van der Waals surface area (Å²) in [5.41, 5.74) is 3.86. The molecule has 33 heavy (non-hydrogen) atoms. The number of nitrogens with one attached hydrogen (secondary N) is 1. The smallest absolute Gasteiger partial charge is 0.357 e. The monoisotopic (exact) mass is 440 g/mol. The van der Waals surface area contributed by atoms with Crippen LogP contribution in [0.25, 0.3) is 32.6 Å². The van der Waals surface area contributed by atoms with Crippen LogP contribution in [0.2, 0.25) is 0 Å². The van der Waals surface area contributed by atoms with E-state index in [0.29, 0.717) is 12.2 Å². The highest BCUT2D eigenvalue weighted by atomic mass is 16.5. The number of pyridine rings is 1. The van der Waals surface area contributed by atoms with Gasteiger partial charge in [0.05, 0.1) is 24.9 Å². The van der Waals surface area contributed by atoms with Crippen LogP contribution < -0.4 is 4.74 Å². The van der Waals surface area contributed by atoms with Crippen molar-refractivity contribution in [1.82, 2.24) is 9.97 Å². The summed E-state index contributed by atoms with van der Waals surface area (Å²) in [4.78, 5) is 20.2. The highest BCUT2D eigenvalue weighted by molar-refractivity contribution is 6.11. The van der Waals surface area contributed by atoms with E-state index in [1.807, 2.05) is 36.4 Å². The van der Waals surface area contributed by atoms with Gasteiger partial charge in [0.2, 0.25) is 0 Å². The van der Waals surface area contributed by atoms with Gasteiger partial charge >= 0.3 is 5.97 Å². The van der Waals surface area contributed by atoms with Crippen molar-refractivity contribution in [2.45, 2.75) is 20.1 Å². The molecule has 0 bridgehead atoms. The number of H-pyrrole nitrogens is 1. The first-order valence-electron chi connectivity index (χ1n) is 10.9. The SMILES string of the molecule is CCOC(=O)c1ncc2[nH]c3ccc(OCc4cccc5ccccc45)cc3c2c1COC. The first-order chi connectivity index (χ1) is 16.2. The molecule has 5 aromatic rings. The average molecular weight is 440 g/mol. The average Bonchev–Trinajstić information content (AvgIpc) is 3.21. The number of carbonyl (C=O) groups excluding carboxylic acids is 1. The first-order valence-corrected chi connectivity index (χ1v) is 10.9. The van der Waals surface area contributed by atoms with Gasteiger partial charge in [0.1, 0.15) is 12.4 Å². The Morgan fingerprint density at radius 2 is 1.82 bits per heavy atom. The summed E-state index contributed by atoms with van der Waals surface area (Å²) < 4.78 is 16.8. The summed E-state index contributed by atoms with van der Waals surface area (Å²) in [6.07, 6.45) is 1.66. The predicted octanol–water partition coefficient (Wildman–Crippen LogP) is 5.77. The molecule has 0 aliphatic rings. The maximum atomic E-state index is 12.5. The molecule has 0 amide bonds. The Morgan fingerprint density at radius 3 is 2.67 bits per heavy atom. The Morgan fingerprint density at radius 1 is 0.970 bits per heavy atom. The van der Waals surface area contributed by atoms with Crippen LogP contribution in [0.15, 0.2) is 66.9 Å². The van der Waals surface area contributed by atoms with Gasteiger partial charge in [-0.1, -0.05) is 42.5 Å². The van der Waals surface area contributed by atoms with E-state index in [-0.39, 0.29) is 18.9 Å².